The van der Waals surface area contributed by atoms with Crippen molar-refractivity contribution in [3.8, 4) is 0 Å². The molecule has 0 aliphatic heterocycles. The number of amides is 1. The maximum Gasteiger partial charge on any atom is 0.297 e. The van der Waals surface area contributed by atoms with Crippen LogP contribution in [-0.2, 0) is 11.3 Å². The molecule has 7 nitrogen and oxygen atoms in total. The van der Waals surface area contributed by atoms with Crippen molar-refractivity contribution in [3.05, 3.63) is 57.2 Å². The van der Waals surface area contributed by atoms with Gasteiger partial charge in [0.2, 0.25) is 5.91 Å². The van der Waals surface area contributed by atoms with E-state index in [1.807, 2.05) is 38.1 Å². The summed E-state index contributed by atoms with van der Waals surface area (Å²) in [6, 6.07) is 7.22. The van der Waals surface area contributed by atoms with Crippen molar-refractivity contribution in [2.45, 2.75) is 46.7 Å². The van der Waals surface area contributed by atoms with Gasteiger partial charge in [-0.1, -0.05) is 41.9 Å². The molecule has 0 radical (unpaired) electrons. The largest absolute Gasteiger partial charge is 0.360 e. The Bertz CT molecular complexity index is 1000. The number of hydrogen-bond acceptors (Lipinski definition) is 5. The highest BCUT2D eigenvalue weighted by Crippen LogP contribution is 2.18. The Morgan fingerprint density at radius 2 is 1.92 bits per heavy atom. The van der Waals surface area contributed by atoms with Crippen LogP contribution in [0, 0.1) is 20.8 Å². The standard InChI is InChI=1S/C19H22N4O3/c1-5-15(18(24)20-10-14-8-6-11(2)7-9-14)23-19(25)17-16(12(3)21-23)13(4)26-22-17/h6-9,15H,5,10H2,1-4H3,(H,20,24)/t15-/m0/s1. The van der Waals surface area contributed by atoms with Gasteiger partial charge in [-0.25, -0.2) is 4.68 Å². The minimum Gasteiger partial charge on any atom is -0.360 e. The smallest absolute Gasteiger partial charge is 0.297 e. The molecule has 0 unspecified atom stereocenters. The third kappa shape index (κ3) is 3.24. The summed E-state index contributed by atoms with van der Waals surface area (Å²) in [6.07, 6.45) is 0.439. The van der Waals surface area contributed by atoms with Gasteiger partial charge in [-0.05, 0) is 32.8 Å². The van der Waals surface area contributed by atoms with E-state index in [4.69, 9.17) is 4.52 Å². The van der Waals surface area contributed by atoms with Crippen molar-refractivity contribution in [2.75, 3.05) is 0 Å². The highest BCUT2D eigenvalue weighted by atomic mass is 16.5. The van der Waals surface area contributed by atoms with Crippen LogP contribution in [0.3, 0.4) is 0 Å². The fourth-order valence-corrected chi connectivity index (χ4v) is 3.00. The molecule has 2 heterocycles. The molecule has 0 bridgehead atoms. The predicted octanol–water partition coefficient (Wildman–Crippen LogP) is 2.58. The third-order valence-electron chi connectivity index (χ3n) is 4.46. The summed E-state index contributed by atoms with van der Waals surface area (Å²) < 4.78 is 6.33. The molecule has 7 heteroatoms. The van der Waals surface area contributed by atoms with Gasteiger partial charge >= 0.3 is 0 Å². The first-order valence-corrected chi connectivity index (χ1v) is 8.61. The van der Waals surface area contributed by atoms with Gasteiger partial charge in [0.15, 0.2) is 5.52 Å². The van der Waals surface area contributed by atoms with Gasteiger partial charge in [0.25, 0.3) is 5.56 Å². The van der Waals surface area contributed by atoms with E-state index in [9.17, 15) is 9.59 Å². The molecule has 1 N–H and O–H groups in total. The van der Waals surface area contributed by atoms with Crippen molar-refractivity contribution >= 4 is 16.8 Å². The zero-order valence-electron chi connectivity index (χ0n) is 15.4. The van der Waals surface area contributed by atoms with Crippen molar-refractivity contribution < 1.29 is 9.32 Å². The molecule has 26 heavy (non-hydrogen) atoms. The van der Waals surface area contributed by atoms with E-state index in [1.165, 1.54) is 4.68 Å². The van der Waals surface area contributed by atoms with Crippen LogP contribution in [0.15, 0.2) is 33.6 Å². The third-order valence-corrected chi connectivity index (χ3v) is 4.46. The Labute approximate surface area is 151 Å². The van der Waals surface area contributed by atoms with E-state index >= 15 is 0 Å². The summed E-state index contributed by atoms with van der Waals surface area (Å²) in [7, 11) is 0. The minimum atomic E-state index is -0.701. The summed E-state index contributed by atoms with van der Waals surface area (Å²) in [4.78, 5) is 25.4. The van der Waals surface area contributed by atoms with Gasteiger partial charge in [0.1, 0.15) is 11.8 Å². The number of carbonyl (C=O) groups excluding carboxylic acids is 1. The first-order valence-electron chi connectivity index (χ1n) is 8.61. The van der Waals surface area contributed by atoms with E-state index in [2.05, 4.69) is 15.6 Å². The van der Waals surface area contributed by atoms with Gasteiger partial charge in [-0.3, -0.25) is 9.59 Å². The monoisotopic (exact) mass is 354 g/mol. The lowest BCUT2D eigenvalue weighted by Crippen LogP contribution is -2.38. The molecule has 136 valence electrons. The number of carbonyl (C=O) groups is 1. The van der Waals surface area contributed by atoms with E-state index in [0.717, 1.165) is 11.1 Å². The van der Waals surface area contributed by atoms with Crippen LogP contribution in [0.25, 0.3) is 10.9 Å². The number of aryl methyl sites for hydroxylation is 3. The number of rotatable bonds is 5. The van der Waals surface area contributed by atoms with Gasteiger partial charge < -0.3 is 9.84 Å². The molecular weight excluding hydrogens is 332 g/mol. The molecule has 0 saturated carbocycles. The lowest BCUT2D eigenvalue weighted by Gasteiger charge is -2.17. The summed E-state index contributed by atoms with van der Waals surface area (Å²) in [5.74, 6) is 0.299. The zero-order chi connectivity index (χ0) is 18.8. The number of aromatic nitrogens is 3. The molecule has 3 rings (SSSR count). The second kappa shape index (κ2) is 7.11. The lowest BCUT2D eigenvalue weighted by molar-refractivity contribution is -0.125. The highest BCUT2D eigenvalue weighted by Gasteiger charge is 2.24. The van der Waals surface area contributed by atoms with Crippen LogP contribution in [0.1, 0.15) is 42.0 Å². The predicted molar refractivity (Wildman–Crippen MR) is 97.9 cm³/mol. The summed E-state index contributed by atoms with van der Waals surface area (Å²) in [5, 5.41) is 11.7. The average molecular weight is 354 g/mol. The van der Waals surface area contributed by atoms with Crippen LogP contribution in [0.2, 0.25) is 0 Å². The number of hydrogen-bond donors (Lipinski definition) is 1. The van der Waals surface area contributed by atoms with E-state index in [1.54, 1.807) is 13.8 Å². The topological polar surface area (TPSA) is 90.0 Å². The fraction of sp³-hybridized carbons (Fsp3) is 0.368. The molecule has 0 aliphatic rings. The van der Waals surface area contributed by atoms with Crippen molar-refractivity contribution in [2.24, 2.45) is 0 Å². The second-order valence-corrected chi connectivity index (χ2v) is 6.42. The number of benzene rings is 1. The molecule has 0 saturated heterocycles. The normalized spacial score (nSPS) is 12.3. The minimum absolute atomic E-state index is 0.208. The number of fused-ring (bicyclic) bond motifs is 1. The molecule has 1 atom stereocenters. The van der Waals surface area contributed by atoms with Crippen molar-refractivity contribution in [1.82, 2.24) is 20.3 Å². The first kappa shape index (κ1) is 17.8. The van der Waals surface area contributed by atoms with Crippen molar-refractivity contribution in [3.63, 3.8) is 0 Å². The zero-order valence-corrected chi connectivity index (χ0v) is 15.4. The second-order valence-electron chi connectivity index (χ2n) is 6.42. The molecular formula is C19H22N4O3. The Kier molecular flexibility index (Phi) is 4.88. The molecule has 0 aliphatic carbocycles. The van der Waals surface area contributed by atoms with Gasteiger partial charge in [0, 0.05) is 6.54 Å². The van der Waals surface area contributed by atoms with Crippen LogP contribution >= 0.6 is 0 Å². The molecule has 0 fully saturated rings. The Morgan fingerprint density at radius 1 is 1.23 bits per heavy atom. The SMILES string of the molecule is CC[C@@H](C(=O)NCc1ccc(C)cc1)n1nc(C)c2c(C)onc2c1=O. The molecule has 1 aromatic carbocycles. The van der Waals surface area contributed by atoms with Gasteiger partial charge in [-0.2, -0.15) is 5.10 Å². The van der Waals surface area contributed by atoms with Crippen LogP contribution in [-0.4, -0.2) is 20.8 Å². The van der Waals surface area contributed by atoms with Gasteiger partial charge in [-0.15, -0.1) is 0 Å². The first-order chi connectivity index (χ1) is 12.4. The van der Waals surface area contributed by atoms with Gasteiger partial charge in [0.05, 0.1) is 11.1 Å². The molecule has 2 aromatic heterocycles. The van der Waals surface area contributed by atoms with Crippen LogP contribution < -0.4 is 10.9 Å². The van der Waals surface area contributed by atoms with Crippen LogP contribution in [0.5, 0.6) is 0 Å². The Morgan fingerprint density at radius 3 is 2.58 bits per heavy atom. The Hall–Kier alpha value is -2.96. The van der Waals surface area contributed by atoms with Crippen molar-refractivity contribution in [1.29, 1.82) is 0 Å². The maximum absolute atomic E-state index is 12.7. The quantitative estimate of drug-likeness (QED) is 0.760. The maximum atomic E-state index is 12.7. The van der Waals surface area contributed by atoms with E-state index in [0.29, 0.717) is 29.8 Å². The lowest BCUT2D eigenvalue weighted by atomic mass is 10.1. The molecule has 0 spiro atoms. The summed E-state index contributed by atoms with van der Waals surface area (Å²) in [6.45, 7) is 7.77. The average Bonchev–Trinajstić information content (AvgIpc) is 3.02. The molecule has 1 amide bonds. The summed E-state index contributed by atoms with van der Waals surface area (Å²) >= 11 is 0. The number of nitrogens with one attached hydrogen (secondary N) is 1. The van der Waals surface area contributed by atoms with Crippen LogP contribution in [0.4, 0.5) is 0 Å². The number of nitrogens with zero attached hydrogens (tertiary/aromatic N) is 3. The highest BCUT2D eigenvalue weighted by molar-refractivity contribution is 5.83. The van der Waals surface area contributed by atoms with E-state index < -0.39 is 11.6 Å². The summed E-state index contributed by atoms with van der Waals surface area (Å²) in [5.41, 5.74) is 2.56. The van der Waals surface area contributed by atoms with E-state index in [-0.39, 0.29) is 11.4 Å². The fourth-order valence-electron chi connectivity index (χ4n) is 3.00. The molecule has 3 aromatic rings. The Balaban J connectivity index is 1.87.